The smallest absolute Gasteiger partial charge is 0.244 e. The lowest BCUT2D eigenvalue weighted by Gasteiger charge is -2.24. The molecular formula is C14H23BrN2O2S. The van der Waals surface area contributed by atoms with Crippen molar-refractivity contribution >= 4 is 26.0 Å². The molecule has 114 valence electrons. The third-order valence-corrected chi connectivity index (χ3v) is 6.84. The first-order valence-electron chi connectivity index (χ1n) is 6.67. The van der Waals surface area contributed by atoms with Crippen LogP contribution < -0.4 is 5.32 Å². The van der Waals surface area contributed by atoms with Gasteiger partial charge in [0.1, 0.15) is 0 Å². The number of sulfonamides is 1. The Hall–Kier alpha value is -0.430. The van der Waals surface area contributed by atoms with Crippen molar-refractivity contribution in [1.82, 2.24) is 9.62 Å². The third-order valence-electron chi connectivity index (χ3n) is 3.53. The van der Waals surface area contributed by atoms with Gasteiger partial charge in [-0.2, -0.15) is 4.31 Å². The van der Waals surface area contributed by atoms with Gasteiger partial charge in [-0.1, -0.05) is 13.0 Å². The summed E-state index contributed by atoms with van der Waals surface area (Å²) < 4.78 is 27.6. The number of aryl methyl sites for hydroxylation is 1. The van der Waals surface area contributed by atoms with Crippen molar-refractivity contribution in [2.75, 3.05) is 14.1 Å². The second kappa shape index (κ2) is 7.02. The Bertz CT molecular complexity index is 573. The molecule has 0 saturated carbocycles. The topological polar surface area (TPSA) is 49.4 Å². The number of halogens is 1. The molecule has 0 aliphatic heterocycles. The Morgan fingerprint density at radius 2 is 2.00 bits per heavy atom. The van der Waals surface area contributed by atoms with Crippen molar-refractivity contribution in [2.24, 2.45) is 0 Å². The molecule has 0 aliphatic rings. The first kappa shape index (κ1) is 17.6. The van der Waals surface area contributed by atoms with E-state index >= 15 is 0 Å². The summed E-state index contributed by atoms with van der Waals surface area (Å²) in [6.07, 6.45) is 0.780. The van der Waals surface area contributed by atoms with E-state index in [1.807, 2.05) is 33.9 Å². The minimum absolute atomic E-state index is 0.0276. The van der Waals surface area contributed by atoms with Crippen LogP contribution in [0.25, 0.3) is 0 Å². The van der Waals surface area contributed by atoms with E-state index in [0.717, 1.165) is 17.5 Å². The summed E-state index contributed by atoms with van der Waals surface area (Å²) in [6.45, 7) is 6.44. The summed E-state index contributed by atoms with van der Waals surface area (Å²) in [4.78, 5) is 0.338. The van der Waals surface area contributed by atoms with Crippen molar-refractivity contribution in [2.45, 2.75) is 44.7 Å². The van der Waals surface area contributed by atoms with E-state index in [9.17, 15) is 8.42 Å². The Labute approximate surface area is 130 Å². The molecule has 1 N–H and O–H groups in total. The fourth-order valence-corrected chi connectivity index (χ4v) is 4.42. The van der Waals surface area contributed by atoms with E-state index in [4.69, 9.17) is 0 Å². The highest BCUT2D eigenvalue weighted by Gasteiger charge is 2.27. The van der Waals surface area contributed by atoms with Gasteiger partial charge < -0.3 is 5.32 Å². The van der Waals surface area contributed by atoms with Crippen molar-refractivity contribution in [3.05, 3.63) is 27.7 Å². The first-order chi connectivity index (χ1) is 9.25. The predicted octanol–water partition coefficient (Wildman–Crippen LogP) is 2.90. The van der Waals surface area contributed by atoms with Gasteiger partial charge in [0.05, 0.1) is 4.90 Å². The van der Waals surface area contributed by atoms with Crippen LogP contribution in [-0.2, 0) is 16.6 Å². The van der Waals surface area contributed by atoms with E-state index in [1.165, 1.54) is 4.31 Å². The fraction of sp³-hybridized carbons (Fsp3) is 0.571. The van der Waals surface area contributed by atoms with Gasteiger partial charge in [-0.3, -0.25) is 0 Å². The summed E-state index contributed by atoms with van der Waals surface area (Å²) in [7, 11) is -0.00661. The molecule has 0 radical (unpaired) electrons. The van der Waals surface area contributed by atoms with E-state index in [2.05, 4.69) is 21.2 Å². The summed E-state index contributed by atoms with van der Waals surface area (Å²) >= 11 is 3.41. The lowest BCUT2D eigenvalue weighted by molar-refractivity contribution is 0.380. The molecule has 1 unspecified atom stereocenters. The first-order valence-corrected chi connectivity index (χ1v) is 8.90. The zero-order chi connectivity index (χ0) is 15.5. The van der Waals surface area contributed by atoms with Gasteiger partial charge in [-0.25, -0.2) is 8.42 Å². The number of rotatable bonds is 6. The Balaban J connectivity index is 3.37. The van der Waals surface area contributed by atoms with Crippen LogP contribution in [0.4, 0.5) is 0 Å². The molecule has 0 fully saturated rings. The van der Waals surface area contributed by atoms with Crippen molar-refractivity contribution in [3.8, 4) is 0 Å². The lowest BCUT2D eigenvalue weighted by Crippen LogP contribution is -2.35. The maximum absolute atomic E-state index is 12.7. The third kappa shape index (κ3) is 3.61. The molecule has 6 heteroatoms. The van der Waals surface area contributed by atoms with Gasteiger partial charge in [0.15, 0.2) is 0 Å². The normalized spacial score (nSPS) is 13.8. The maximum atomic E-state index is 12.7. The molecule has 0 spiro atoms. The Morgan fingerprint density at radius 3 is 2.50 bits per heavy atom. The molecule has 0 aliphatic carbocycles. The van der Waals surface area contributed by atoms with Crippen LogP contribution in [0.3, 0.4) is 0 Å². The number of nitrogens with zero attached hydrogens (tertiary/aromatic N) is 1. The highest BCUT2D eigenvalue weighted by atomic mass is 79.9. The van der Waals surface area contributed by atoms with Crippen molar-refractivity contribution in [1.29, 1.82) is 0 Å². The average Bonchev–Trinajstić information content (AvgIpc) is 2.40. The summed E-state index contributed by atoms with van der Waals surface area (Å²) in [5.41, 5.74) is 1.89. The monoisotopic (exact) mass is 362 g/mol. The molecule has 1 atom stereocenters. The van der Waals surface area contributed by atoms with E-state index in [0.29, 0.717) is 15.9 Å². The Morgan fingerprint density at radius 1 is 1.40 bits per heavy atom. The predicted molar refractivity (Wildman–Crippen MR) is 86.3 cm³/mol. The quantitative estimate of drug-likeness (QED) is 0.846. The number of hydrogen-bond donors (Lipinski definition) is 1. The fourth-order valence-electron chi connectivity index (χ4n) is 1.95. The standard InChI is InChI=1S/C14H23BrN2O2S/c1-6-11(3)17(5)20(18,19)13-8-12(9-16-4)7-10(2)14(13)15/h7-8,11,16H,6,9H2,1-5H3. The molecule has 0 heterocycles. The lowest BCUT2D eigenvalue weighted by atomic mass is 10.1. The summed E-state index contributed by atoms with van der Waals surface area (Å²) in [5.74, 6) is 0. The van der Waals surface area contributed by atoms with E-state index in [-0.39, 0.29) is 6.04 Å². The molecule has 1 aromatic carbocycles. The molecule has 1 aromatic rings. The van der Waals surface area contributed by atoms with Gasteiger partial charge >= 0.3 is 0 Å². The number of benzene rings is 1. The van der Waals surface area contributed by atoms with Crippen molar-refractivity contribution < 1.29 is 8.42 Å². The Kier molecular flexibility index (Phi) is 6.19. The highest BCUT2D eigenvalue weighted by molar-refractivity contribution is 9.10. The van der Waals surface area contributed by atoms with Crippen LogP contribution in [0.5, 0.6) is 0 Å². The van der Waals surface area contributed by atoms with Crippen LogP contribution in [0.1, 0.15) is 31.4 Å². The van der Waals surface area contributed by atoms with Crippen LogP contribution in [-0.4, -0.2) is 32.9 Å². The molecule has 1 rings (SSSR count). The SMILES string of the molecule is CCC(C)N(C)S(=O)(=O)c1cc(CNC)cc(C)c1Br. The van der Waals surface area contributed by atoms with Crippen molar-refractivity contribution in [3.63, 3.8) is 0 Å². The number of nitrogens with one attached hydrogen (secondary N) is 1. The van der Waals surface area contributed by atoms with Gasteiger partial charge in [-0.05, 0) is 60.4 Å². The second-order valence-electron chi connectivity index (χ2n) is 5.03. The molecule has 0 aromatic heterocycles. The molecule has 0 amide bonds. The van der Waals surface area contributed by atoms with Gasteiger partial charge in [-0.15, -0.1) is 0 Å². The zero-order valence-corrected chi connectivity index (χ0v) is 15.1. The molecule has 20 heavy (non-hydrogen) atoms. The minimum Gasteiger partial charge on any atom is -0.316 e. The van der Waals surface area contributed by atoms with Crippen LogP contribution in [0, 0.1) is 6.92 Å². The maximum Gasteiger partial charge on any atom is 0.244 e. The van der Waals surface area contributed by atoms with Gasteiger partial charge in [0, 0.05) is 24.1 Å². The van der Waals surface area contributed by atoms with Crippen LogP contribution >= 0.6 is 15.9 Å². The molecule has 0 saturated heterocycles. The molecule has 4 nitrogen and oxygen atoms in total. The molecular weight excluding hydrogens is 340 g/mol. The summed E-state index contributed by atoms with van der Waals surface area (Å²) in [6, 6.07) is 3.70. The van der Waals surface area contributed by atoms with Gasteiger partial charge in [0.25, 0.3) is 0 Å². The second-order valence-corrected chi connectivity index (χ2v) is 7.79. The molecule has 0 bridgehead atoms. The van der Waals surface area contributed by atoms with Crippen LogP contribution in [0.15, 0.2) is 21.5 Å². The van der Waals surface area contributed by atoms with Gasteiger partial charge in [0.2, 0.25) is 10.0 Å². The van der Waals surface area contributed by atoms with Crippen LogP contribution in [0.2, 0.25) is 0 Å². The number of hydrogen-bond acceptors (Lipinski definition) is 3. The zero-order valence-electron chi connectivity index (χ0n) is 12.7. The van der Waals surface area contributed by atoms with E-state index in [1.54, 1.807) is 13.1 Å². The summed E-state index contributed by atoms with van der Waals surface area (Å²) in [5, 5.41) is 3.05. The minimum atomic E-state index is -3.49. The van der Waals surface area contributed by atoms with E-state index < -0.39 is 10.0 Å². The largest absolute Gasteiger partial charge is 0.316 e. The average molecular weight is 363 g/mol. The highest BCUT2D eigenvalue weighted by Crippen LogP contribution is 2.30.